The van der Waals surface area contributed by atoms with E-state index in [1.165, 1.54) is 6.07 Å². The molecule has 2 unspecified atom stereocenters. The molecule has 5 nitrogen and oxygen atoms in total. The number of hydrogen-bond donors (Lipinski definition) is 2. The van der Waals surface area contributed by atoms with E-state index in [0.29, 0.717) is 18.8 Å². The van der Waals surface area contributed by atoms with Crippen LogP contribution in [0, 0.1) is 11.7 Å². The van der Waals surface area contributed by atoms with Gasteiger partial charge in [0.25, 0.3) is 0 Å². The molecule has 3 rings (SSSR count). The van der Waals surface area contributed by atoms with Crippen LogP contribution in [0.15, 0.2) is 12.1 Å². The van der Waals surface area contributed by atoms with E-state index in [1.807, 2.05) is 0 Å². The highest BCUT2D eigenvalue weighted by Crippen LogP contribution is 2.36. The van der Waals surface area contributed by atoms with Crippen molar-refractivity contribution in [3.8, 4) is 5.75 Å². The van der Waals surface area contributed by atoms with Crippen LogP contribution < -0.4 is 10.1 Å². The van der Waals surface area contributed by atoms with E-state index in [1.54, 1.807) is 6.07 Å². The summed E-state index contributed by atoms with van der Waals surface area (Å²) < 4.78 is 19.3. The van der Waals surface area contributed by atoms with Crippen molar-refractivity contribution in [1.29, 1.82) is 0 Å². The Morgan fingerprint density at radius 1 is 1.47 bits per heavy atom. The van der Waals surface area contributed by atoms with Gasteiger partial charge in [-0.05, 0) is 17.2 Å². The van der Waals surface area contributed by atoms with E-state index in [2.05, 4.69) is 5.32 Å². The highest BCUT2D eigenvalue weighted by atomic mass is 19.1. The summed E-state index contributed by atoms with van der Waals surface area (Å²) in [5.41, 5.74) is 1.13. The number of aliphatic carboxylic acids is 1. The van der Waals surface area contributed by atoms with Gasteiger partial charge in [-0.15, -0.1) is 0 Å². The van der Waals surface area contributed by atoms with Gasteiger partial charge in [-0.3, -0.25) is 9.59 Å². The van der Waals surface area contributed by atoms with Crippen LogP contribution in [0.4, 0.5) is 4.39 Å². The summed E-state index contributed by atoms with van der Waals surface area (Å²) in [4.78, 5) is 22.6. The number of fused-ring (bicyclic) bond motifs is 1. The second-order valence-electron chi connectivity index (χ2n) is 4.75. The van der Waals surface area contributed by atoms with Crippen molar-refractivity contribution < 1.29 is 23.8 Å². The first-order valence-electron chi connectivity index (χ1n) is 6.03. The molecule has 100 valence electrons. The van der Waals surface area contributed by atoms with Gasteiger partial charge in [0.05, 0.1) is 6.61 Å². The third-order valence-corrected chi connectivity index (χ3v) is 3.66. The van der Waals surface area contributed by atoms with Crippen LogP contribution in [0.2, 0.25) is 0 Å². The molecule has 2 aliphatic heterocycles. The van der Waals surface area contributed by atoms with Gasteiger partial charge >= 0.3 is 5.97 Å². The maximum atomic E-state index is 14.0. The molecular weight excluding hydrogens is 253 g/mol. The lowest BCUT2D eigenvalue weighted by Crippen LogP contribution is -2.27. The van der Waals surface area contributed by atoms with Gasteiger partial charge < -0.3 is 15.2 Å². The molecule has 0 spiro atoms. The molecule has 1 fully saturated rings. The van der Waals surface area contributed by atoms with Crippen LogP contribution in [0.25, 0.3) is 0 Å². The number of carbonyl (C=O) groups excluding carboxylic acids is 1. The monoisotopic (exact) mass is 265 g/mol. The molecule has 0 aliphatic carbocycles. The second kappa shape index (κ2) is 4.22. The van der Waals surface area contributed by atoms with Crippen molar-refractivity contribution in [1.82, 2.24) is 5.32 Å². The van der Waals surface area contributed by atoms with E-state index in [-0.39, 0.29) is 12.1 Å². The lowest BCUT2D eigenvalue weighted by molar-refractivity contribution is -0.145. The van der Waals surface area contributed by atoms with Crippen molar-refractivity contribution in [2.75, 3.05) is 13.2 Å². The molecule has 2 atom stereocenters. The molecular formula is C13H12FNO4. The van der Waals surface area contributed by atoms with E-state index in [0.717, 1.165) is 5.56 Å². The molecule has 1 amide bonds. The highest BCUT2D eigenvalue weighted by Gasteiger charge is 2.42. The largest absolute Gasteiger partial charge is 0.493 e. The maximum absolute atomic E-state index is 14.0. The number of nitrogens with one attached hydrogen (secondary N) is 1. The molecule has 19 heavy (non-hydrogen) atoms. The van der Waals surface area contributed by atoms with Crippen molar-refractivity contribution in [2.45, 2.75) is 12.3 Å². The second-order valence-corrected chi connectivity index (χ2v) is 4.75. The normalized spacial score (nSPS) is 24.8. The highest BCUT2D eigenvalue weighted by molar-refractivity contribution is 5.99. The number of rotatable bonds is 2. The Labute approximate surface area is 108 Å². The van der Waals surface area contributed by atoms with Gasteiger partial charge in [0, 0.05) is 24.9 Å². The molecule has 0 saturated carbocycles. The summed E-state index contributed by atoms with van der Waals surface area (Å²) in [5.74, 6) is -3.70. The Bertz CT molecular complexity index is 572. The first-order chi connectivity index (χ1) is 9.08. The van der Waals surface area contributed by atoms with Crippen molar-refractivity contribution in [3.05, 3.63) is 29.1 Å². The standard InChI is InChI=1S/C13H12FNO4/c14-9-4-10-6(1-2-19-10)3-7(9)8-5-15-12(16)11(8)13(17)18/h3-4,8,11H,1-2,5H2,(H,15,16)(H,17,18). The van der Waals surface area contributed by atoms with Gasteiger partial charge in [0.1, 0.15) is 17.5 Å². The van der Waals surface area contributed by atoms with Crippen LogP contribution in [0.3, 0.4) is 0 Å². The minimum Gasteiger partial charge on any atom is -0.493 e. The number of carbonyl (C=O) groups is 2. The fourth-order valence-electron chi connectivity index (χ4n) is 2.70. The fraction of sp³-hybridized carbons (Fsp3) is 0.385. The molecule has 2 aliphatic rings. The van der Waals surface area contributed by atoms with E-state index in [9.17, 15) is 14.0 Å². The molecule has 6 heteroatoms. The molecule has 2 N–H and O–H groups in total. The van der Waals surface area contributed by atoms with Gasteiger partial charge in [-0.1, -0.05) is 0 Å². The third kappa shape index (κ3) is 1.83. The van der Waals surface area contributed by atoms with E-state index < -0.39 is 29.5 Å². The molecule has 2 heterocycles. The third-order valence-electron chi connectivity index (χ3n) is 3.66. The summed E-state index contributed by atoms with van der Waals surface area (Å²) in [5, 5.41) is 11.6. The molecule has 0 bridgehead atoms. The SMILES string of the molecule is O=C(O)C1C(=O)NCC1c1cc2c(cc1F)OCC2. The minimum absolute atomic E-state index is 0.145. The number of halogens is 1. The van der Waals surface area contributed by atoms with Crippen molar-refractivity contribution in [3.63, 3.8) is 0 Å². The van der Waals surface area contributed by atoms with Crippen molar-refractivity contribution in [2.24, 2.45) is 5.92 Å². The van der Waals surface area contributed by atoms with E-state index >= 15 is 0 Å². The first-order valence-corrected chi connectivity index (χ1v) is 6.03. The Morgan fingerprint density at radius 3 is 3.00 bits per heavy atom. The quantitative estimate of drug-likeness (QED) is 0.771. The summed E-state index contributed by atoms with van der Waals surface area (Å²) in [6.07, 6.45) is 0.675. The average Bonchev–Trinajstić information content (AvgIpc) is 2.93. The minimum atomic E-state index is -1.23. The zero-order valence-electron chi connectivity index (χ0n) is 9.98. The molecule has 0 radical (unpaired) electrons. The zero-order chi connectivity index (χ0) is 13.6. The summed E-state index contributed by atoms with van der Waals surface area (Å²) in [6, 6.07) is 2.90. The van der Waals surface area contributed by atoms with Crippen LogP contribution in [-0.2, 0) is 16.0 Å². The Morgan fingerprint density at radius 2 is 2.26 bits per heavy atom. The number of ether oxygens (including phenoxy) is 1. The summed E-state index contributed by atoms with van der Waals surface area (Å²) in [7, 11) is 0. The smallest absolute Gasteiger partial charge is 0.316 e. The summed E-state index contributed by atoms with van der Waals surface area (Å²) >= 11 is 0. The van der Waals surface area contributed by atoms with Crippen LogP contribution in [-0.4, -0.2) is 30.1 Å². The number of carboxylic acids is 1. The van der Waals surface area contributed by atoms with Gasteiger partial charge in [-0.2, -0.15) is 0 Å². The Hall–Kier alpha value is -2.11. The number of hydrogen-bond acceptors (Lipinski definition) is 3. The van der Waals surface area contributed by atoms with Crippen LogP contribution in [0.5, 0.6) is 5.75 Å². The lowest BCUT2D eigenvalue weighted by atomic mass is 9.87. The molecule has 1 aromatic carbocycles. The zero-order valence-corrected chi connectivity index (χ0v) is 9.98. The van der Waals surface area contributed by atoms with Crippen LogP contribution >= 0.6 is 0 Å². The number of carboxylic acid groups (broad SMARTS) is 1. The van der Waals surface area contributed by atoms with Crippen LogP contribution in [0.1, 0.15) is 17.0 Å². The maximum Gasteiger partial charge on any atom is 0.316 e. The first kappa shape index (κ1) is 12.0. The average molecular weight is 265 g/mol. The molecule has 1 aromatic rings. The predicted octanol–water partition coefficient (Wildman–Crippen LogP) is 0.675. The van der Waals surface area contributed by atoms with Gasteiger partial charge in [0.2, 0.25) is 5.91 Å². The van der Waals surface area contributed by atoms with Gasteiger partial charge in [-0.25, -0.2) is 4.39 Å². The Kier molecular flexibility index (Phi) is 2.66. The number of benzene rings is 1. The lowest BCUT2D eigenvalue weighted by Gasteiger charge is -2.15. The Balaban J connectivity index is 2.02. The van der Waals surface area contributed by atoms with E-state index in [4.69, 9.17) is 9.84 Å². The summed E-state index contributed by atoms with van der Waals surface area (Å²) in [6.45, 7) is 0.648. The molecule has 0 aromatic heterocycles. The topological polar surface area (TPSA) is 75.6 Å². The fourth-order valence-corrected chi connectivity index (χ4v) is 2.70. The number of amides is 1. The van der Waals surface area contributed by atoms with Gasteiger partial charge in [0.15, 0.2) is 0 Å². The molecule has 1 saturated heterocycles. The van der Waals surface area contributed by atoms with Crippen molar-refractivity contribution >= 4 is 11.9 Å². The predicted molar refractivity (Wildman–Crippen MR) is 62.5 cm³/mol.